The lowest BCUT2D eigenvalue weighted by molar-refractivity contribution is -0.309. The Hall–Kier alpha value is -2.19. The predicted octanol–water partition coefficient (Wildman–Crippen LogP) is -0.610. The Kier molecular flexibility index (Phi) is 4.62. The van der Waals surface area contributed by atoms with Crippen molar-refractivity contribution in [3.63, 3.8) is 0 Å². The van der Waals surface area contributed by atoms with Crippen molar-refractivity contribution in [2.24, 2.45) is 0 Å². The Labute approximate surface area is 135 Å². The molecule has 114 valence electrons. The lowest BCUT2D eigenvalue weighted by Gasteiger charge is -2.23. The molecule has 22 heavy (non-hydrogen) atoms. The topological polar surface area (TPSA) is 101 Å². The minimum absolute atomic E-state index is 0.0688. The number of hydrogen-bond donors (Lipinski definition) is 0. The molecular formula is C14H9NO5S2-2. The number of hydrogen-bond acceptors (Lipinski definition) is 7. The van der Waals surface area contributed by atoms with Gasteiger partial charge in [-0.1, -0.05) is 48.2 Å². The zero-order valence-corrected chi connectivity index (χ0v) is 12.9. The number of carbonyl (C=O) groups excluding carboxylic acids is 3. The number of nitrogens with zero attached hydrogens (tertiary/aromatic N) is 1. The van der Waals surface area contributed by atoms with Crippen LogP contribution in [0.25, 0.3) is 6.08 Å². The third-order valence-electron chi connectivity index (χ3n) is 3.02. The molecule has 0 aromatic heterocycles. The number of amides is 1. The van der Waals surface area contributed by atoms with Crippen LogP contribution in [0.5, 0.6) is 0 Å². The number of thioether (sulfide) groups is 1. The largest absolute Gasteiger partial charge is 0.548 e. The van der Waals surface area contributed by atoms with Crippen LogP contribution in [0.3, 0.4) is 0 Å². The minimum Gasteiger partial charge on any atom is -0.548 e. The number of aliphatic carboxylic acids is 1. The standard InChI is InChI=1S/C14H11NO5S2/c1-7(12(17)18)15-11(16)10(22-14(15)21)6-8-4-2-3-5-9(8)13(19)20/h2-7H,1H3,(H,17,18)(H,19,20)/p-2/b10-6-/t7-/m0/s1. The van der Waals surface area contributed by atoms with Crippen molar-refractivity contribution in [3.05, 3.63) is 40.3 Å². The van der Waals surface area contributed by atoms with Gasteiger partial charge in [-0.2, -0.15) is 0 Å². The Morgan fingerprint density at radius 1 is 1.32 bits per heavy atom. The molecule has 8 heteroatoms. The Balaban J connectivity index is 2.39. The fraction of sp³-hybridized carbons (Fsp3) is 0.143. The first-order valence-electron chi connectivity index (χ1n) is 6.11. The SMILES string of the molecule is C[C@@H](C(=O)[O-])N1C(=O)/C(=C/c2ccccc2C(=O)[O-])SC1=S. The zero-order chi connectivity index (χ0) is 16.4. The van der Waals surface area contributed by atoms with E-state index in [0.29, 0.717) is 0 Å². The van der Waals surface area contributed by atoms with E-state index in [1.165, 1.54) is 31.2 Å². The molecule has 0 spiro atoms. The molecule has 0 N–H and O–H groups in total. The quantitative estimate of drug-likeness (QED) is 0.534. The highest BCUT2D eigenvalue weighted by Gasteiger charge is 2.35. The van der Waals surface area contributed by atoms with Crippen molar-refractivity contribution in [1.82, 2.24) is 4.90 Å². The number of carbonyl (C=O) groups is 3. The first kappa shape index (κ1) is 16.2. The zero-order valence-electron chi connectivity index (χ0n) is 11.3. The molecule has 1 fully saturated rings. The van der Waals surface area contributed by atoms with Gasteiger partial charge in [0.25, 0.3) is 5.91 Å². The van der Waals surface area contributed by atoms with E-state index in [1.807, 2.05) is 0 Å². The van der Waals surface area contributed by atoms with Gasteiger partial charge in [-0.25, -0.2) is 0 Å². The van der Waals surface area contributed by atoms with Crippen LogP contribution in [0, 0.1) is 0 Å². The Bertz CT molecular complexity index is 713. The van der Waals surface area contributed by atoms with Crippen molar-refractivity contribution in [1.29, 1.82) is 0 Å². The van der Waals surface area contributed by atoms with Gasteiger partial charge in [0, 0.05) is 5.56 Å². The third kappa shape index (κ3) is 3.02. The summed E-state index contributed by atoms with van der Waals surface area (Å²) in [6.45, 7) is 1.29. The smallest absolute Gasteiger partial charge is 0.266 e. The van der Waals surface area contributed by atoms with Gasteiger partial charge in [-0.3, -0.25) is 9.69 Å². The molecule has 1 aromatic carbocycles. The van der Waals surface area contributed by atoms with Crippen LogP contribution in [-0.2, 0) is 9.59 Å². The van der Waals surface area contributed by atoms with Crippen LogP contribution >= 0.6 is 24.0 Å². The van der Waals surface area contributed by atoms with Crippen LogP contribution in [0.1, 0.15) is 22.8 Å². The van der Waals surface area contributed by atoms with Gasteiger partial charge < -0.3 is 19.8 Å². The highest BCUT2D eigenvalue weighted by molar-refractivity contribution is 8.26. The summed E-state index contributed by atoms with van der Waals surface area (Å²) in [6.07, 6.45) is 1.35. The van der Waals surface area contributed by atoms with E-state index in [1.54, 1.807) is 6.07 Å². The number of carboxylic acids is 2. The maximum atomic E-state index is 12.2. The molecule has 1 aliphatic rings. The highest BCUT2D eigenvalue weighted by Crippen LogP contribution is 2.34. The van der Waals surface area contributed by atoms with E-state index in [4.69, 9.17) is 12.2 Å². The summed E-state index contributed by atoms with van der Waals surface area (Å²) in [4.78, 5) is 35.3. The van der Waals surface area contributed by atoms with Gasteiger partial charge in [-0.15, -0.1) is 0 Å². The molecule has 1 aliphatic heterocycles. The summed E-state index contributed by atoms with van der Waals surface area (Å²) >= 11 is 5.91. The molecule has 2 rings (SSSR count). The van der Waals surface area contributed by atoms with Gasteiger partial charge in [0.2, 0.25) is 0 Å². The molecule has 0 aliphatic carbocycles. The third-order valence-corrected chi connectivity index (χ3v) is 4.35. The molecular weight excluding hydrogens is 326 g/mol. The van der Waals surface area contributed by atoms with Gasteiger partial charge in [0.1, 0.15) is 4.32 Å². The van der Waals surface area contributed by atoms with Crippen LogP contribution in [0.2, 0.25) is 0 Å². The molecule has 0 bridgehead atoms. The lowest BCUT2D eigenvalue weighted by Crippen LogP contribution is -2.48. The van der Waals surface area contributed by atoms with E-state index in [9.17, 15) is 24.6 Å². The molecule has 0 saturated carbocycles. The van der Waals surface area contributed by atoms with Crippen molar-refractivity contribution < 1.29 is 24.6 Å². The number of thiocarbonyl (C=S) groups is 1. The summed E-state index contributed by atoms with van der Waals surface area (Å²) in [5.74, 6) is -3.39. The number of rotatable bonds is 4. The van der Waals surface area contributed by atoms with E-state index < -0.39 is 23.9 Å². The summed E-state index contributed by atoms with van der Waals surface area (Å²) in [7, 11) is 0. The van der Waals surface area contributed by atoms with E-state index in [0.717, 1.165) is 16.7 Å². The number of benzene rings is 1. The first-order valence-corrected chi connectivity index (χ1v) is 7.33. The van der Waals surface area contributed by atoms with Gasteiger partial charge in [0.15, 0.2) is 0 Å². The van der Waals surface area contributed by atoms with Crippen LogP contribution in [0.4, 0.5) is 0 Å². The molecule has 6 nitrogen and oxygen atoms in total. The van der Waals surface area contributed by atoms with Crippen molar-refractivity contribution in [3.8, 4) is 0 Å². The molecule has 1 atom stereocenters. The van der Waals surface area contributed by atoms with E-state index >= 15 is 0 Å². The average molecular weight is 335 g/mol. The molecule has 1 aromatic rings. The van der Waals surface area contributed by atoms with E-state index in [-0.39, 0.29) is 20.4 Å². The molecule has 1 saturated heterocycles. The maximum Gasteiger partial charge on any atom is 0.266 e. The fourth-order valence-electron chi connectivity index (χ4n) is 1.87. The van der Waals surface area contributed by atoms with Crippen LogP contribution in [-0.4, -0.2) is 33.1 Å². The minimum atomic E-state index is -1.42. The average Bonchev–Trinajstić information content (AvgIpc) is 2.73. The molecule has 1 heterocycles. The summed E-state index contributed by atoms with van der Waals surface area (Å²) in [5.41, 5.74) is 0.213. The van der Waals surface area contributed by atoms with Gasteiger partial charge in [0.05, 0.1) is 22.9 Å². The number of carboxylic acid groups (broad SMARTS) is 2. The van der Waals surface area contributed by atoms with Crippen molar-refractivity contribution >= 4 is 52.2 Å². The normalized spacial score (nSPS) is 17.9. The second kappa shape index (κ2) is 6.29. The summed E-state index contributed by atoms with van der Waals surface area (Å²) < 4.78 is 0.0823. The lowest BCUT2D eigenvalue weighted by atomic mass is 10.1. The van der Waals surface area contributed by atoms with Crippen LogP contribution in [0.15, 0.2) is 29.2 Å². The van der Waals surface area contributed by atoms with E-state index in [2.05, 4.69) is 0 Å². The van der Waals surface area contributed by atoms with Crippen LogP contribution < -0.4 is 10.2 Å². The molecule has 0 unspecified atom stereocenters. The monoisotopic (exact) mass is 335 g/mol. The van der Waals surface area contributed by atoms with Gasteiger partial charge >= 0.3 is 0 Å². The number of aromatic carboxylic acids is 1. The Morgan fingerprint density at radius 2 is 1.95 bits per heavy atom. The second-order valence-corrected chi connectivity index (χ2v) is 6.10. The predicted molar refractivity (Wildman–Crippen MR) is 80.3 cm³/mol. The first-order chi connectivity index (χ1) is 10.3. The maximum absolute atomic E-state index is 12.2. The van der Waals surface area contributed by atoms with Crippen molar-refractivity contribution in [2.45, 2.75) is 13.0 Å². The molecule has 1 amide bonds. The molecule has 0 radical (unpaired) electrons. The van der Waals surface area contributed by atoms with Gasteiger partial charge in [-0.05, 0) is 18.6 Å². The summed E-state index contributed by atoms with van der Waals surface area (Å²) in [5, 5.41) is 22.0. The summed E-state index contributed by atoms with van der Waals surface area (Å²) in [6, 6.07) is 4.81. The highest BCUT2D eigenvalue weighted by atomic mass is 32.2. The van der Waals surface area contributed by atoms with Crippen molar-refractivity contribution in [2.75, 3.05) is 0 Å². The Morgan fingerprint density at radius 3 is 2.55 bits per heavy atom. The second-order valence-electron chi connectivity index (χ2n) is 4.42. The fourth-order valence-corrected chi connectivity index (χ4v) is 3.28.